The van der Waals surface area contributed by atoms with Gasteiger partial charge in [0.15, 0.2) is 0 Å². The van der Waals surface area contributed by atoms with E-state index in [4.69, 9.17) is 4.74 Å². The average molecular weight is 178 g/mol. The Morgan fingerprint density at radius 2 is 2.00 bits per heavy atom. The monoisotopic (exact) mass is 178 g/mol. The molecule has 0 radical (unpaired) electrons. The molecule has 0 bridgehead atoms. The molecule has 0 N–H and O–H groups in total. The number of rotatable bonds is 3. The van der Waals surface area contributed by atoms with Crippen molar-refractivity contribution < 1.29 is 9.53 Å². The van der Waals surface area contributed by atoms with Crippen LogP contribution in [0.2, 0.25) is 0 Å². The summed E-state index contributed by atoms with van der Waals surface area (Å²) in [5, 5.41) is 0. The molecular formula is C11H14O2. The molecule has 0 aromatic heterocycles. The van der Waals surface area contributed by atoms with Crippen molar-refractivity contribution in [3.8, 4) is 0 Å². The molecule has 0 heterocycles. The smallest absolute Gasteiger partial charge is 0.338 e. The molecule has 1 rings (SSSR count). The van der Waals surface area contributed by atoms with Crippen molar-refractivity contribution in [2.75, 3.05) is 0 Å². The number of benzene rings is 1. The Bertz CT molecular complexity index is 267. The summed E-state index contributed by atoms with van der Waals surface area (Å²) in [6.45, 7) is 3.88. The largest absolute Gasteiger partial charge is 0.459 e. The van der Waals surface area contributed by atoms with Crippen molar-refractivity contribution in [1.82, 2.24) is 0 Å². The number of ether oxygens (including phenoxy) is 1. The zero-order chi connectivity index (χ0) is 9.68. The van der Waals surface area contributed by atoms with Crippen molar-refractivity contribution in [2.45, 2.75) is 26.4 Å². The molecular weight excluding hydrogens is 164 g/mol. The second-order valence-corrected chi connectivity index (χ2v) is 2.99. The van der Waals surface area contributed by atoms with E-state index in [1.165, 1.54) is 0 Å². The SMILES string of the molecule is CCC(C)OC(=O)c1ccccc1. The van der Waals surface area contributed by atoms with Gasteiger partial charge in [0, 0.05) is 0 Å². The normalized spacial score (nSPS) is 12.2. The van der Waals surface area contributed by atoms with Crippen LogP contribution in [0.1, 0.15) is 30.6 Å². The molecule has 0 saturated carbocycles. The van der Waals surface area contributed by atoms with Crippen LogP contribution in [0.4, 0.5) is 0 Å². The quantitative estimate of drug-likeness (QED) is 0.665. The first-order valence-corrected chi connectivity index (χ1v) is 4.50. The van der Waals surface area contributed by atoms with Gasteiger partial charge >= 0.3 is 5.97 Å². The molecule has 1 aromatic carbocycles. The van der Waals surface area contributed by atoms with Gasteiger partial charge in [-0.1, -0.05) is 25.1 Å². The summed E-state index contributed by atoms with van der Waals surface area (Å²) in [7, 11) is 0. The van der Waals surface area contributed by atoms with Gasteiger partial charge in [-0.15, -0.1) is 0 Å². The minimum absolute atomic E-state index is 0.00675. The number of hydrogen-bond donors (Lipinski definition) is 0. The molecule has 1 unspecified atom stereocenters. The fourth-order valence-corrected chi connectivity index (χ4v) is 0.908. The highest BCUT2D eigenvalue weighted by molar-refractivity contribution is 5.89. The van der Waals surface area contributed by atoms with E-state index < -0.39 is 0 Å². The molecule has 70 valence electrons. The van der Waals surface area contributed by atoms with Crippen LogP contribution in [-0.4, -0.2) is 12.1 Å². The number of esters is 1. The third-order valence-corrected chi connectivity index (χ3v) is 1.89. The van der Waals surface area contributed by atoms with Gasteiger partial charge in [0.1, 0.15) is 0 Å². The van der Waals surface area contributed by atoms with Gasteiger partial charge in [-0.3, -0.25) is 0 Å². The zero-order valence-corrected chi connectivity index (χ0v) is 7.99. The molecule has 0 spiro atoms. The van der Waals surface area contributed by atoms with Crippen LogP contribution in [0.3, 0.4) is 0 Å². The minimum Gasteiger partial charge on any atom is -0.459 e. The second-order valence-electron chi connectivity index (χ2n) is 2.99. The van der Waals surface area contributed by atoms with Crippen molar-refractivity contribution >= 4 is 5.97 Å². The fourth-order valence-electron chi connectivity index (χ4n) is 0.908. The van der Waals surface area contributed by atoms with Gasteiger partial charge < -0.3 is 4.74 Å². The minimum atomic E-state index is -0.241. The van der Waals surface area contributed by atoms with Gasteiger partial charge in [-0.05, 0) is 25.5 Å². The summed E-state index contributed by atoms with van der Waals surface area (Å²) in [6.07, 6.45) is 0.839. The average Bonchev–Trinajstić information content (AvgIpc) is 2.19. The highest BCUT2D eigenvalue weighted by Gasteiger charge is 2.08. The number of carbonyl (C=O) groups excluding carboxylic acids is 1. The highest BCUT2D eigenvalue weighted by atomic mass is 16.5. The standard InChI is InChI=1S/C11H14O2/c1-3-9(2)13-11(12)10-7-5-4-6-8-10/h4-9H,3H2,1-2H3. The summed E-state index contributed by atoms with van der Waals surface area (Å²) in [5.41, 5.74) is 0.614. The Balaban J connectivity index is 2.59. The zero-order valence-electron chi connectivity index (χ0n) is 7.99. The van der Waals surface area contributed by atoms with E-state index in [0.717, 1.165) is 6.42 Å². The summed E-state index contributed by atoms with van der Waals surface area (Å²) >= 11 is 0. The van der Waals surface area contributed by atoms with Gasteiger partial charge in [-0.25, -0.2) is 4.79 Å². The predicted octanol–water partition coefficient (Wildman–Crippen LogP) is 2.64. The van der Waals surface area contributed by atoms with Crippen LogP contribution in [0.25, 0.3) is 0 Å². The summed E-state index contributed by atoms with van der Waals surface area (Å²) in [4.78, 5) is 11.4. The molecule has 1 atom stereocenters. The maximum Gasteiger partial charge on any atom is 0.338 e. The molecule has 2 heteroatoms. The second kappa shape index (κ2) is 4.65. The van der Waals surface area contributed by atoms with E-state index >= 15 is 0 Å². The van der Waals surface area contributed by atoms with Crippen molar-refractivity contribution in [3.63, 3.8) is 0 Å². The van der Waals surface area contributed by atoms with Crippen molar-refractivity contribution in [2.24, 2.45) is 0 Å². The maximum atomic E-state index is 11.4. The number of carbonyl (C=O) groups is 1. The van der Waals surface area contributed by atoms with Crippen LogP contribution in [0, 0.1) is 0 Å². The Kier molecular flexibility index (Phi) is 3.50. The van der Waals surface area contributed by atoms with E-state index in [1.807, 2.05) is 32.0 Å². The van der Waals surface area contributed by atoms with Gasteiger partial charge in [0.25, 0.3) is 0 Å². The van der Waals surface area contributed by atoms with E-state index in [1.54, 1.807) is 12.1 Å². The van der Waals surface area contributed by atoms with Crippen LogP contribution in [0.15, 0.2) is 30.3 Å². The molecule has 0 fully saturated rings. The Hall–Kier alpha value is -1.31. The Morgan fingerprint density at radius 1 is 1.38 bits per heavy atom. The molecule has 0 saturated heterocycles. The lowest BCUT2D eigenvalue weighted by Gasteiger charge is -2.10. The predicted molar refractivity (Wildman–Crippen MR) is 51.6 cm³/mol. The third kappa shape index (κ3) is 2.90. The lowest BCUT2D eigenvalue weighted by atomic mass is 10.2. The maximum absolute atomic E-state index is 11.4. The number of hydrogen-bond acceptors (Lipinski definition) is 2. The lowest BCUT2D eigenvalue weighted by molar-refractivity contribution is 0.0334. The van der Waals surface area contributed by atoms with Gasteiger partial charge in [0.05, 0.1) is 11.7 Å². The van der Waals surface area contributed by atoms with Crippen LogP contribution in [-0.2, 0) is 4.74 Å². The highest BCUT2D eigenvalue weighted by Crippen LogP contribution is 2.05. The molecule has 2 nitrogen and oxygen atoms in total. The van der Waals surface area contributed by atoms with Crippen LogP contribution in [0.5, 0.6) is 0 Å². The van der Waals surface area contributed by atoms with Gasteiger partial charge in [0.2, 0.25) is 0 Å². The van der Waals surface area contributed by atoms with Crippen molar-refractivity contribution in [1.29, 1.82) is 0 Å². The van der Waals surface area contributed by atoms with Crippen LogP contribution >= 0.6 is 0 Å². The lowest BCUT2D eigenvalue weighted by Crippen LogP contribution is -2.13. The summed E-state index contributed by atoms with van der Waals surface area (Å²) in [6, 6.07) is 9.04. The molecule has 0 aliphatic rings. The van der Waals surface area contributed by atoms with Crippen LogP contribution < -0.4 is 0 Å². The molecule has 13 heavy (non-hydrogen) atoms. The topological polar surface area (TPSA) is 26.3 Å². The fraction of sp³-hybridized carbons (Fsp3) is 0.364. The molecule has 0 aliphatic carbocycles. The van der Waals surface area contributed by atoms with E-state index in [9.17, 15) is 4.79 Å². The Morgan fingerprint density at radius 3 is 2.54 bits per heavy atom. The molecule has 1 aromatic rings. The first-order chi connectivity index (χ1) is 6.24. The summed E-state index contributed by atoms with van der Waals surface area (Å²) < 4.78 is 5.15. The van der Waals surface area contributed by atoms with Crippen molar-refractivity contribution in [3.05, 3.63) is 35.9 Å². The van der Waals surface area contributed by atoms with E-state index in [2.05, 4.69) is 0 Å². The first kappa shape index (κ1) is 9.78. The summed E-state index contributed by atoms with van der Waals surface area (Å²) in [5.74, 6) is -0.241. The molecule has 0 aliphatic heterocycles. The molecule has 0 amide bonds. The Labute approximate surface area is 78.5 Å². The first-order valence-electron chi connectivity index (χ1n) is 4.50. The third-order valence-electron chi connectivity index (χ3n) is 1.89. The van der Waals surface area contributed by atoms with Gasteiger partial charge in [-0.2, -0.15) is 0 Å². The van der Waals surface area contributed by atoms with E-state index in [0.29, 0.717) is 5.56 Å². The van der Waals surface area contributed by atoms with E-state index in [-0.39, 0.29) is 12.1 Å².